The molecule has 112 valence electrons. The van der Waals surface area contributed by atoms with Gasteiger partial charge in [0.1, 0.15) is 0 Å². The number of hydrogen-bond acceptors (Lipinski definition) is 5. The van der Waals surface area contributed by atoms with E-state index in [0.717, 1.165) is 6.54 Å². The van der Waals surface area contributed by atoms with Crippen molar-refractivity contribution in [3.63, 3.8) is 0 Å². The first-order valence-corrected chi connectivity index (χ1v) is 7.36. The lowest BCUT2D eigenvalue weighted by atomic mass is 9.84. The summed E-state index contributed by atoms with van der Waals surface area (Å²) in [6.07, 6.45) is 2.44. The molecule has 3 aliphatic heterocycles. The predicted molar refractivity (Wildman–Crippen MR) is 77.1 cm³/mol. The molecule has 0 saturated carbocycles. The van der Waals surface area contributed by atoms with Gasteiger partial charge in [-0.3, -0.25) is 0 Å². The van der Waals surface area contributed by atoms with E-state index in [0.29, 0.717) is 28.7 Å². The number of rotatable bonds is 3. The van der Waals surface area contributed by atoms with E-state index in [9.17, 15) is 4.39 Å². The van der Waals surface area contributed by atoms with Crippen LogP contribution >= 0.6 is 0 Å². The van der Waals surface area contributed by atoms with Gasteiger partial charge < -0.3 is 19.5 Å². The number of anilines is 1. The smallest absolute Gasteiger partial charge is 0.177 e. The molecule has 6 heteroatoms. The third-order valence-electron chi connectivity index (χ3n) is 4.72. The molecule has 2 bridgehead atoms. The number of nitrogens with one attached hydrogen (secondary N) is 1. The van der Waals surface area contributed by atoms with Crippen molar-refractivity contribution in [3.8, 4) is 5.75 Å². The maximum absolute atomic E-state index is 13.9. The minimum absolute atomic E-state index is 0.174. The van der Waals surface area contributed by atoms with Crippen molar-refractivity contribution in [1.29, 1.82) is 0 Å². The lowest BCUT2D eigenvalue weighted by molar-refractivity contribution is 0.0973. The van der Waals surface area contributed by atoms with Crippen molar-refractivity contribution < 1.29 is 13.7 Å². The molecular weight excluding hydrogens is 273 g/mol. The molecule has 1 atom stereocenters. The van der Waals surface area contributed by atoms with Gasteiger partial charge >= 0.3 is 0 Å². The fraction of sp³-hybridized carbons (Fsp3) is 0.533. The van der Waals surface area contributed by atoms with Gasteiger partial charge in [-0.15, -0.1) is 0 Å². The Balaban J connectivity index is 1.63. The topological polar surface area (TPSA) is 50.5 Å². The fourth-order valence-corrected chi connectivity index (χ4v) is 3.50. The Bertz CT molecular complexity index is 664. The highest BCUT2D eigenvalue weighted by Gasteiger charge is 2.34. The molecule has 21 heavy (non-hydrogen) atoms. The number of methoxy groups -OCH3 is 1. The second-order valence-corrected chi connectivity index (χ2v) is 5.90. The van der Waals surface area contributed by atoms with Crippen molar-refractivity contribution in [2.75, 3.05) is 32.1 Å². The molecule has 1 aromatic carbocycles. The molecule has 5 rings (SSSR count). The molecule has 4 heterocycles. The van der Waals surface area contributed by atoms with E-state index in [2.05, 4.69) is 15.4 Å². The first-order chi connectivity index (χ1) is 10.2. The summed E-state index contributed by atoms with van der Waals surface area (Å²) in [6, 6.07) is 3.33. The standard InChI is InChI=1S/C15H18FN3O2/c1-20-14-7-13-10(6-11(14)16)15(18-21-13)17-12-8-19-4-2-9(12)3-5-19/h6-7,9,12H,2-5,8H2,1H3,(H,17,18)/t12-/m0/s1. The third kappa shape index (κ3) is 2.14. The number of piperidine rings is 3. The summed E-state index contributed by atoms with van der Waals surface area (Å²) in [6.45, 7) is 3.40. The first-order valence-electron chi connectivity index (χ1n) is 7.36. The van der Waals surface area contributed by atoms with E-state index in [4.69, 9.17) is 9.26 Å². The van der Waals surface area contributed by atoms with Crippen LogP contribution in [0, 0.1) is 11.7 Å². The molecule has 0 aliphatic carbocycles. The minimum atomic E-state index is -0.398. The Morgan fingerprint density at radius 3 is 2.86 bits per heavy atom. The first kappa shape index (κ1) is 12.9. The Labute approximate surface area is 122 Å². The summed E-state index contributed by atoms with van der Waals surface area (Å²) in [4.78, 5) is 2.46. The Kier molecular flexibility index (Phi) is 2.99. The van der Waals surface area contributed by atoms with Gasteiger partial charge in [0.2, 0.25) is 0 Å². The van der Waals surface area contributed by atoms with Gasteiger partial charge in [0, 0.05) is 18.7 Å². The minimum Gasteiger partial charge on any atom is -0.494 e. The molecular formula is C15H18FN3O2. The zero-order chi connectivity index (χ0) is 14.4. The number of hydrogen-bond donors (Lipinski definition) is 1. The van der Waals surface area contributed by atoms with E-state index < -0.39 is 5.82 Å². The molecule has 0 unspecified atom stereocenters. The number of benzene rings is 1. The lowest BCUT2D eigenvalue weighted by Crippen LogP contribution is -2.53. The predicted octanol–water partition coefficient (Wildman–Crippen LogP) is 2.48. The Morgan fingerprint density at radius 2 is 2.19 bits per heavy atom. The zero-order valence-corrected chi connectivity index (χ0v) is 11.9. The Hall–Kier alpha value is -1.82. The van der Waals surface area contributed by atoms with Gasteiger partial charge in [0.15, 0.2) is 23.0 Å². The SMILES string of the molecule is COc1cc2onc(N[C@H]3CN4CCC3CC4)c2cc1F. The van der Waals surface area contributed by atoms with E-state index in [1.807, 2.05) is 0 Å². The van der Waals surface area contributed by atoms with E-state index in [-0.39, 0.29) is 5.75 Å². The number of fused-ring (bicyclic) bond motifs is 4. The molecule has 3 saturated heterocycles. The number of aromatic nitrogens is 1. The van der Waals surface area contributed by atoms with Crippen molar-refractivity contribution in [2.24, 2.45) is 5.92 Å². The van der Waals surface area contributed by atoms with Crippen LogP contribution in [0.5, 0.6) is 5.75 Å². The van der Waals surface area contributed by atoms with Crippen LogP contribution in [0.3, 0.4) is 0 Å². The largest absolute Gasteiger partial charge is 0.494 e. The molecule has 3 aliphatic rings. The van der Waals surface area contributed by atoms with Crippen LogP contribution < -0.4 is 10.1 Å². The van der Waals surface area contributed by atoms with E-state index in [1.54, 1.807) is 6.07 Å². The third-order valence-corrected chi connectivity index (χ3v) is 4.72. The van der Waals surface area contributed by atoms with Crippen molar-refractivity contribution >= 4 is 16.8 Å². The maximum atomic E-state index is 13.9. The van der Waals surface area contributed by atoms with E-state index >= 15 is 0 Å². The van der Waals surface area contributed by atoms with Crippen LogP contribution in [0.15, 0.2) is 16.7 Å². The van der Waals surface area contributed by atoms with Crippen LogP contribution in [-0.4, -0.2) is 42.8 Å². The van der Waals surface area contributed by atoms with Crippen molar-refractivity contribution in [3.05, 3.63) is 17.9 Å². The molecule has 0 radical (unpaired) electrons. The summed E-state index contributed by atoms with van der Waals surface area (Å²) in [5.41, 5.74) is 0.539. The molecule has 1 aromatic heterocycles. The fourth-order valence-electron chi connectivity index (χ4n) is 3.50. The molecule has 0 amide bonds. The Morgan fingerprint density at radius 1 is 1.38 bits per heavy atom. The van der Waals surface area contributed by atoms with Crippen molar-refractivity contribution in [1.82, 2.24) is 10.1 Å². The van der Waals surface area contributed by atoms with Gasteiger partial charge in [-0.1, -0.05) is 5.16 Å². The molecule has 2 aromatic rings. The summed E-state index contributed by atoms with van der Waals surface area (Å²) in [5, 5.41) is 8.18. The second-order valence-electron chi connectivity index (χ2n) is 5.90. The zero-order valence-electron chi connectivity index (χ0n) is 11.9. The highest BCUT2D eigenvalue weighted by atomic mass is 19.1. The normalized spacial score (nSPS) is 28.0. The quantitative estimate of drug-likeness (QED) is 0.941. The number of nitrogens with zero attached hydrogens (tertiary/aromatic N) is 2. The summed E-state index contributed by atoms with van der Waals surface area (Å²) in [7, 11) is 1.44. The van der Waals surface area contributed by atoms with Gasteiger partial charge in [0.25, 0.3) is 0 Å². The second kappa shape index (κ2) is 4.87. The number of ether oxygens (including phenoxy) is 1. The van der Waals surface area contributed by atoms with Crippen LogP contribution in [0.4, 0.5) is 10.2 Å². The molecule has 0 spiro atoms. The van der Waals surface area contributed by atoms with Gasteiger partial charge in [0.05, 0.1) is 12.5 Å². The molecule has 5 nitrogen and oxygen atoms in total. The molecule has 3 fully saturated rings. The summed E-state index contributed by atoms with van der Waals surface area (Å²) >= 11 is 0. The monoisotopic (exact) mass is 291 g/mol. The van der Waals surface area contributed by atoms with Gasteiger partial charge in [-0.25, -0.2) is 4.39 Å². The highest BCUT2D eigenvalue weighted by Crippen LogP contribution is 2.33. The lowest BCUT2D eigenvalue weighted by Gasteiger charge is -2.44. The van der Waals surface area contributed by atoms with Crippen molar-refractivity contribution in [2.45, 2.75) is 18.9 Å². The summed E-state index contributed by atoms with van der Waals surface area (Å²) in [5.74, 6) is 1.08. The number of halogens is 1. The van der Waals surface area contributed by atoms with Crippen LogP contribution in [0.2, 0.25) is 0 Å². The maximum Gasteiger partial charge on any atom is 0.177 e. The van der Waals surface area contributed by atoms with Crippen LogP contribution in [0.1, 0.15) is 12.8 Å². The average molecular weight is 291 g/mol. The highest BCUT2D eigenvalue weighted by molar-refractivity contribution is 5.89. The van der Waals surface area contributed by atoms with Gasteiger partial charge in [-0.2, -0.15) is 0 Å². The van der Waals surface area contributed by atoms with Crippen LogP contribution in [0.25, 0.3) is 11.0 Å². The van der Waals surface area contributed by atoms with Crippen LogP contribution in [-0.2, 0) is 0 Å². The van der Waals surface area contributed by atoms with Gasteiger partial charge in [-0.05, 0) is 37.9 Å². The van der Waals surface area contributed by atoms with E-state index in [1.165, 1.54) is 39.1 Å². The average Bonchev–Trinajstić information content (AvgIpc) is 2.90. The summed E-state index contributed by atoms with van der Waals surface area (Å²) < 4.78 is 24.1. The molecule has 1 N–H and O–H groups in total.